The number of nitrogens with zero attached hydrogens (tertiary/aromatic N) is 2. The van der Waals surface area contributed by atoms with Crippen LogP contribution < -0.4 is 10.9 Å². The van der Waals surface area contributed by atoms with Gasteiger partial charge in [-0.2, -0.15) is 0 Å². The SMILES string of the molecule is Cl.O=c1[nH]c(CN2CCNCC2c2cccc(Cl)c2)nc2ccsc12. The van der Waals surface area contributed by atoms with Gasteiger partial charge in [-0.3, -0.25) is 9.69 Å². The highest BCUT2D eigenvalue weighted by Crippen LogP contribution is 2.26. The molecule has 1 aromatic carbocycles. The average Bonchev–Trinajstić information content (AvgIpc) is 3.04. The van der Waals surface area contributed by atoms with Gasteiger partial charge in [-0.25, -0.2) is 4.98 Å². The van der Waals surface area contributed by atoms with E-state index in [-0.39, 0.29) is 24.0 Å². The Morgan fingerprint density at radius 1 is 1.36 bits per heavy atom. The van der Waals surface area contributed by atoms with Gasteiger partial charge in [0.05, 0.1) is 12.1 Å². The zero-order valence-corrected chi connectivity index (χ0v) is 15.8. The van der Waals surface area contributed by atoms with Crippen LogP contribution in [0.25, 0.3) is 10.2 Å². The molecule has 1 fully saturated rings. The van der Waals surface area contributed by atoms with Crippen molar-refractivity contribution in [1.29, 1.82) is 0 Å². The first-order valence-corrected chi connectivity index (χ1v) is 9.13. The summed E-state index contributed by atoms with van der Waals surface area (Å²) in [4.78, 5) is 22.0. The molecule has 132 valence electrons. The second-order valence-electron chi connectivity index (χ2n) is 5.89. The number of rotatable bonds is 3. The second kappa shape index (κ2) is 7.85. The highest BCUT2D eigenvalue weighted by atomic mass is 35.5. The van der Waals surface area contributed by atoms with Gasteiger partial charge in [0.1, 0.15) is 10.5 Å². The number of hydrogen-bond acceptors (Lipinski definition) is 5. The molecule has 0 amide bonds. The van der Waals surface area contributed by atoms with E-state index in [9.17, 15) is 4.79 Å². The smallest absolute Gasteiger partial charge is 0.268 e. The average molecular weight is 397 g/mol. The first-order chi connectivity index (χ1) is 11.7. The number of aromatic nitrogens is 2. The number of benzene rings is 1. The van der Waals surface area contributed by atoms with Gasteiger partial charge < -0.3 is 10.3 Å². The fraction of sp³-hybridized carbons (Fsp3) is 0.294. The fourth-order valence-corrected chi connectivity index (χ4v) is 4.09. The van der Waals surface area contributed by atoms with E-state index in [1.54, 1.807) is 0 Å². The van der Waals surface area contributed by atoms with Gasteiger partial charge in [0.2, 0.25) is 0 Å². The molecule has 2 aromatic heterocycles. The van der Waals surface area contributed by atoms with Crippen molar-refractivity contribution in [2.24, 2.45) is 0 Å². The molecule has 5 nitrogen and oxygen atoms in total. The van der Waals surface area contributed by atoms with E-state index >= 15 is 0 Å². The summed E-state index contributed by atoms with van der Waals surface area (Å²) < 4.78 is 0.686. The third-order valence-electron chi connectivity index (χ3n) is 4.30. The van der Waals surface area contributed by atoms with E-state index in [4.69, 9.17) is 11.6 Å². The Labute approximate surface area is 160 Å². The molecule has 25 heavy (non-hydrogen) atoms. The molecule has 4 rings (SSSR count). The van der Waals surface area contributed by atoms with Gasteiger partial charge in [0.25, 0.3) is 5.56 Å². The van der Waals surface area contributed by atoms with Crippen LogP contribution in [0, 0.1) is 0 Å². The topological polar surface area (TPSA) is 61.0 Å². The maximum Gasteiger partial charge on any atom is 0.268 e. The minimum absolute atomic E-state index is 0. The summed E-state index contributed by atoms with van der Waals surface area (Å²) in [5, 5.41) is 6.07. The Balaban J connectivity index is 0.00000182. The summed E-state index contributed by atoms with van der Waals surface area (Å²) >= 11 is 7.57. The lowest BCUT2D eigenvalue weighted by Crippen LogP contribution is -2.45. The molecule has 0 saturated carbocycles. The minimum Gasteiger partial charge on any atom is -0.314 e. The predicted molar refractivity (Wildman–Crippen MR) is 105 cm³/mol. The van der Waals surface area contributed by atoms with E-state index in [0.29, 0.717) is 17.1 Å². The Kier molecular flexibility index (Phi) is 5.76. The number of fused-ring (bicyclic) bond motifs is 1. The lowest BCUT2D eigenvalue weighted by atomic mass is 10.0. The molecule has 0 spiro atoms. The Bertz CT molecular complexity index is 926. The number of hydrogen-bond donors (Lipinski definition) is 2. The quantitative estimate of drug-likeness (QED) is 0.713. The first kappa shape index (κ1) is 18.4. The van der Waals surface area contributed by atoms with E-state index in [0.717, 1.165) is 30.2 Å². The van der Waals surface area contributed by atoms with E-state index in [2.05, 4.69) is 26.3 Å². The fourth-order valence-electron chi connectivity index (χ4n) is 3.17. The monoisotopic (exact) mass is 396 g/mol. The summed E-state index contributed by atoms with van der Waals surface area (Å²) in [5.74, 6) is 0.708. The third-order valence-corrected chi connectivity index (χ3v) is 5.44. The lowest BCUT2D eigenvalue weighted by molar-refractivity contribution is 0.150. The molecule has 3 heterocycles. The molecular formula is C17H18Cl2N4OS. The Morgan fingerprint density at radius 3 is 3.08 bits per heavy atom. The molecule has 1 atom stereocenters. The molecule has 0 bridgehead atoms. The highest BCUT2D eigenvalue weighted by molar-refractivity contribution is 7.17. The van der Waals surface area contributed by atoms with Crippen LogP contribution in [0.4, 0.5) is 0 Å². The number of thiophene rings is 1. The lowest BCUT2D eigenvalue weighted by Gasteiger charge is -2.36. The van der Waals surface area contributed by atoms with Gasteiger partial charge in [0, 0.05) is 30.7 Å². The van der Waals surface area contributed by atoms with Crippen molar-refractivity contribution in [3.05, 3.63) is 62.5 Å². The molecule has 8 heteroatoms. The summed E-state index contributed by atoms with van der Waals surface area (Å²) in [7, 11) is 0. The van der Waals surface area contributed by atoms with Crippen molar-refractivity contribution in [1.82, 2.24) is 20.2 Å². The molecule has 3 aromatic rings. The molecule has 1 aliphatic rings. The molecule has 0 radical (unpaired) electrons. The molecule has 1 aliphatic heterocycles. The molecule has 0 aliphatic carbocycles. The minimum atomic E-state index is -0.0561. The summed E-state index contributed by atoms with van der Waals surface area (Å²) in [5.41, 5.74) is 1.89. The number of piperazine rings is 1. The van der Waals surface area contributed by atoms with E-state index in [1.807, 2.05) is 29.6 Å². The van der Waals surface area contributed by atoms with Gasteiger partial charge in [-0.1, -0.05) is 23.7 Å². The number of aromatic amines is 1. The van der Waals surface area contributed by atoms with Crippen LogP contribution in [0.15, 0.2) is 40.5 Å². The van der Waals surface area contributed by atoms with Crippen LogP contribution in [0.2, 0.25) is 5.02 Å². The third kappa shape index (κ3) is 3.88. The Hall–Kier alpha value is -1.44. The summed E-state index contributed by atoms with van der Waals surface area (Å²) in [6, 6.07) is 10.1. The van der Waals surface area contributed by atoms with Crippen LogP contribution >= 0.6 is 35.3 Å². The molecule has 1 unspecified atom stereocenters. The van der Waals surface area contributed by atoms with E-state index < -0.39 is 0 Å². The van der Waals surface area contributed by atoms with Crippen molar-refractivity contribution in [2.45, 2.75) is 12.6 Å². The van der Waals surface area contributed by atoms with Gasteiger partial charge >= 0.3 is 0 Å². The maximum atomic E-state index is 12.2. The van der Waals surface area contributed by atoms with Crippen molar-refractivity contribution in [3.63, 3.8) is 0 Å². The molecule has 1 saturated heterocycles. The van der Waals surface area contributed by atoms with Crippen molar-refractivity contribution >= 4 is 45.6 Å². The normalized spacial score (nSPS) is 18.2. The van der Waals surface area contributed by atoms with Crippen molar-refractivity contribution < 1.29 is 0 Å². The van der Waals surface area contributed by atoms with Crippen LogP contribution in [0.3, 0.4) is 0 Å². The number of nitrogens with one attached hydrogen (secondary N) is 2. The van der Waals surface area contributed by atoms with Gasteiger partial charge in [-0.05, 0) is 29.1 Å². The maximum absolute atomic E-state index is 12.2. The highest BCUT2D eigenvalue weighted by Gasteiger charge is 2.24. The number of H-pyrrole nitrogens is 1. The standard InChI is InChI=1S/C17H17ClN4OS.ClH/c18-12-3-1-2-11(8-12)14-9-19-5-6-22(14)10-15-20-13-4-7-24-16(13)17(23)21-15;/h1-4,7-8,14,19H,5-6,9-10H2,(H,20,21,23);1H. The van der Waals surface area contributed by atoms with Gasteiger partial charge in [-0.15, -0.1) is 23.7 Å². The first-order valence-electron chi connectivity index (χ1n) is 7.87. The van der Waals surface area contributed by atoms with Crippen LogP contribution in [-0.2, 0) is 6.54 Å². The van der Waals surface area contributed by atoms with Crippen LogP contribution in [-0.4, -0.2) is 34.5 Å². The molecular weight excluding hydrogens is 379 g/mol. The van der Waals surface area contributed by atoms with Gasteiger partial charge in [0.15, 0.2) is 0 Å². The largest absolute Gasteiger partial charge is 0.314 e. The summed E-state index contributed by atoms with van der Waals surface area (Å²) in [6.07, 6.45) is 0. The van der Waals surface area contributed by atoms with Crippen LogP contribution in [0.1, 0.15) is 17.4 Å². The summed E-state index contributed by atoms with van der Waals surface area (Å²) in [6.45, 7) is 3.27. The van der Waals surface area contributed by atoms with Crippen molar-refractivity contribution in [3.8, 4) is 0 Å². The van der Waals surface area contributed by atoms with E-state index in [1.165, 1.54) is 16.9 Å². The molecule has 2 N–H and O–H groups in total. The zero-order chi connectivity index (χ0) is 16.5. The van der Waals surface area contributed by atoms with Crippen molar-refractivity contribution in [2.75, 3.05) is 19.6 Å². The predicted octanol–water partition coefficient (Wildman–Crippen LogP) is 3.21. The second-order valence-corrected chi connectivity index (χ2v) is 7.25. The number of halogens is 2. The van der Waals surface area contributed by atoms with Crippen LogP contribution in [0.5, 0.6) is 0 Å². The zero-order valence-electron chi connectivity index (χ0n) is 13.4. The Morgan fingerprint density at radius 2 is 2.24 bits per heavy atom.